The molecule has 0 aromatic rings. The average molecular weight is 355 g/mol. The fraction of sp³-hybridized carbons (Fsp3) is 0.429. The Morgan fingerprint density at radius 3 is 2.69 bits per heavy atom. The summed E-state index contributed by atoms with van der Waals surface area (Å²) in [7, 11) is 5.72. The van der Waals surface area contributed by atoms with Gasteiger partial charge in [0.1, 0.15) is 0 Å². The van der Waals surface area contributed by atoms with Gasteiger partial charge in [-0.3, -0.25) is 9.69 Å². The summed E-state index contributed by atoms with van der Waals surface area (Å²) in [4.78, 5) is 20.3. The van der Waals surface area contributed by atoms with E-state index >= 15 is 0 Å². The number of ether oxygens (including phenoxy) is 1. The van der Waals surface area contributed by atoms with Crippen LogP contribution in [0.5, 0.6) is 0 Å². The minimum absolute atomic E-state index is 0.0536. The van der Waals surface area contributed by atoms with Crippen LogP contribution >= 0.6 is 0 Å². The SMILES string of the molecule is C=C(/C=C1/OC(=NC(C)C)N(C)C1=O)C1=C(/C(=C\C)N(C)C)C=CCC1. The molecular formula is C21H29N3O2. The van der Waals surface area contributed by atoms with Crippen LogP contribution in [-0.2, 0) is 9.53 Å². The van der Waals surface area contributed by atoms with E-state index in [0.717, 1.165) is 35.3 Å². The van der Waals surface area contributed by atoms with E-state index in [1.807, 2.05) is 34.9 Å². The Labute approximate surface area is 156 Å². The Hall–Kier alpha value is -2.56. The van der Waals surface area contributed by atoms with Gasteiger partial charge in [-0.25, -0.2) is 4.99 Å². The molecule has 0 N–H and O–H groups in total. The highest BCUT2D eigenvalue weighted by Gasteiger charge is 2.32. The molecule has 0 saturated carbocycles. The second-order valence-electron chi connectivity index (χ2n) is 6.91. The third-order valence-corrected chi connectivity index (χ3v) is 4.27. The van der Waals surface area contributed by atoms with Gasteiger partial charge < -0.3 is 9.64 Å². The summed E-state index contributed by atoms with van der Waals surface area (Å²) in [5, 5.41) is 0. The van der Waals surface area contributed by atoms with Crippen molar-refractivity contribution in [1.82, 2.24) is 9.80 Å². The lowest BCUT2D eigenvalue weighted by atomic mass is 9.89. The van der Waals surface area contributed by atoms with Gasteiger partial charge in [0, 0.05) is 38.5 Å². The lowest BCUT2D eigenvalue weighted by Gasteiger charge is -2.24. The number of carbonyl (C=O) groups is 1. The molecule has 0 bridgehead atoms. The fourth-order valence-electron chi connectivity index (χ4n) is 3.03. The van der Waals surface area contributed by atoms with E-state index in [9.17, 15) is 4.79 Å². The van der Waals surface area contributed by atoms with Crippen molar-refractivity contribution in [1.29, 1.82) is 0 Å². The molecule has 1 amide bonds. The number of amidine groups is 1. The molecule has 0 aromatic carbocycles. The van der Waals surface area contributed by atoms with E-state index in [4.69, 9.17) is 4.74 Å². The summed E-state index contributed by atoms with van der Waals surface area (Å²) in [5.41, 5.74) is 4.21. The standard InChI is InChI=1S/C21H29N3O2/c1-8-18(23(5)6)17-12-10-9-11-16(17)15(4)13-19-20(25)24(7)21(26-19)22-14(2)3/h8,10,12-14H,4,9,11H2,1-3,5-7H3/b18-8+,19-13+,22-21?. The maximum absolute atomic E-state index is 12.5. The average Bonchev–Trinajstić information content (AvgIpc) is 2.83. The zero-order valence-corrected chi connectivity index (χ0v) is 16.7. The number of hydrogen-bond acceptors (Lipinski definition) is 4. The number of carbonyl (C=O) groups excluding carboxylic acids is 1. The van der Waals surface area contributed by atoms with Crippen LogP contribution in [0.3, 0.4) is 0 Å². The first-order valence-corrected chi connectivity index (χ1v) is 8.94. The van der Waals surface area contributed by atoms with E-state index in [2.05, 4.69) is 34.7 Å². The lowest BCUT2D eigenvalue weighted by molar-refractivity contribution is -0.122. The molecule has 0 aromatic heterocycles. The van der Waals surface area contributed by atoms with Crippen LogP contribution < -0.4 is 0 Å². The number of amides is 1. The largest absolute Gasteiger partial charge is 0.420 e. The number of hydrogen-bond donors (Lipinski definition) is 0. The first-order valence-electron chi connectivity index (χ1n) is 8.94. The molecule has 5 nitrogen and oxygen atoms in total. The first kappa shape index (κ1) is 19.8. The molecule has 0 unspecified atom stereocenters. The maximum atomic E-state index is 12.5. The van der Waals surface area contributed by atoms with Crippen LogP contribution in [-0.4, -0.2) is 48.9 Å². The van der Waals surface area contributed by atoms with Gasteiger partial charge >= 0.3 is 0 Å². The van der Waals surface area contributed by atoms with Gasteiger partial charge in [-0.05, 0) is 50.8 Å². The Balaban J connectivity index is 2.38. The number of allylic oxidation sites excluding steroid dienone is 6. The van der Waals surface area contributed by atoms with Gasteiger partial charge in [-0.15, -0.1) is 0 Å². The third-order valence-electron chi connectivity index (χ3n) is 4.27. The Morgan fingerprint density at radius 1 is 1.42 bits per heavy atom. The van der Waals surface area contributed by atoms with Crippen LogP contribution in [0.25, 0.3) is 0 Å². The molecule has 1 fully saturated rings. The van der Waals surface area contributed by atoms with Crippen LogP contribution in [0.15, 0.2) is 64.1 Å². The van der Waals surface area contributed by atoms with Gasteiger partial charge in [0.2, 0.25) is 0 Å². The number of rotatable bonds is 5. The Bertz CT molecular complexity index is 749. The number of aliphatic imine (C=N–C) groups is 1. The van der Waals surface area contributed by atoms with E-state index in [1.165, 1.54) is 4.90 Å². The topological polar surface area (TPSA) is 45.1 Å². The van der Waals surface area contributed by atoms with Crippen LogP contribution in [0.4, 0.5) is 0 Å². The number of likely N-dealkylation sites (N-methyl/N-ethyl adjacent to an activating group) is 2. The smallest absolute Gasteiger partial charge is 0.300 e. The van der Waals surface area contributed by atoms with Crippen LogP contribution in [0, 0.1) is 0 Å². The molecule has 1 saturated heterocycles. The molecule has 1 heterocycles. The second kappa shape index (κ2) is 8.21. The monoisotopic (exact) mass is 355 g/mol. The van der Waals surface area contributed by atoms with Crippen molar-refractivity contribution in [2.75, 3.05) is 21.1 Å². The van der Waals surface area contributed by atoms with Crippen LogP contribution in [0.2, 0.25) is 0 Å². The molecule has 2 rings (SSSR count). The maximum Gasteiger partial charge on any atom is 0.300 e. The van der Waals surface area contributed by atoms with Crippen molar-refractivity contribution in [3.63, 3.8) is 0 Å². The zero-order chi connectivity index (χ0) is 19.4. The summed E-state index contributed by atoms with van der Waals surface area (Å²) in [6, 6.07) is 0.391. The summed E-state index contributed by atoms with van der Waals surface area (Å²) in [5.74, 6) is 0.0723. The van der Waals surface area contributed by atoms with Gasteiger partial charge in [0.05, 0.1) is 0 Å². The van der Waals surface area contributed by atoms with Gasteiger partial charge in [0.15, 0.2) is 5.76 Å². The molecule has 26 heavy (non-hydrogen) atoms. The molecule has 2 aliphatic rings. The van der Waals surface area contributed by atoms with E-state index in [1.54, 1.807) is 13.1 Å². The van der Waals surface area contributed by atoms with Crippen molar-refractivity contribution in [3.8, 4) is 0 Å². The second-order valence-corrected chi connectivity index (χ2v) is 6.91. The highest BCUT2D eigenvalue weighted by Crippen LogP contribution is 2.32. The summed E-state index contributed by atoms with van der Waals surface area (Å²) < 4.78 is 5.69. The van der Waals surface area contributed by atoms with E-state index in [-0.39, 0.29) is 17.7 Å². The minimum Gasteiger partial charge on any atom is -0.420 e. The van der Waals surface area contributed by atoms with Gasteiger partial charge in [-0.2, -0.15) is 0 Å². The lowest BCUT2D eigenvalue weighted by Crippen LogP contribution is -2.25. The molecule has 0 radical (unpaired) electrons. The van der Waals surface area contributed by atoms with Crippen LogP contribution in [0.1, 0.15) is 33.6 Å². The molecule has 5 heteroatoms. The number of nitrogens with zero attached hydrogens (tertiary/aromatic N) is 3. The molecule has 1 aliphatic heterocycles. The minimum atomic E-state index is -0.196. The van der Waals surface area contributed by atoms with Gasteiger partial charge in [-0.1, -0.05) is 24.8 Å². The van der Waals surface area contributed by atoms with E-state index < -0.39 is 0 Å². The van der Waals surface area contributed by atoms with Crippen molar-refractivity contribution in [3.05, 3.63) is 59.1 Å². The highest BCUT2D eigenvalue weighted by atomic mass is 16.5. The first-order chi connectivity index (χ1) is 12.3. The third kappa shape index (κ3) is 4.15. The van der Waals surface area contributed by atoms with Crippen molar-refractivity contribution < 1.29 is 9.53 Å². The predicted molar refractivity (Wildman–Crippen MR) is 106 cm³/mol. The Morgan fingerprint density at radius 2 is 2.12 bits per heavy atom. The predicted octanol–water partition coefficient (Wildman–Crippen LogP) is 3.79. The zero-order valence-electron chi connectivity index (χ0n) is 16.7. The van der Waals surface area contributed by atoms with Crippen molar-refractivity contribution in [2.45, 2.75) is 39.7 Å². The van der Waals surface area contributed by atoms with Crippen molar-refractivity contribution >= 4 is 11.9 Å². The molecular weight excluding hydrogens is 326 g/mol. The normalized spacial score (nSPS) is 21.3. The fourth-order valence-corrected chi connectivity index (χ4v) is 3.03. The highest BCUT2D eigenvalue weighted by molar-refractivity contribution is 6.09. The van der Waals surface area contributed by atoms with Crippen molar-refractivity contribution in [2.24, 2.45) is 4.99 Å². The molecule has 140 valence electrons. The quantitative estimate of drug-likeness (QED) is 0.705. The molecule has 0 atom stereocenters. The van der Waals surface area contributed by atoms with Gasteiger partial charge in [0.25, 0.3) is 11.9 Å². The Kier molecular flexibility index (Phi) is 6.24. The molecule has 0 spiro atoms. The molecule has 1 aliphatic carbocycles. The summed E-state index contributed by atoms with van der Waals surface area (Å²) >= 11 is 0. The van der Waals surface area contributed by atoms with E-state index in [0.29, 0.717) is 6.02 Å². The summed E-state index contributed by atoms with van der Waals surface area (Å²) in [6.45, 7) is 10.1. The summed E-state index contributed by atoms with van der Waals surface area (Å²) in [6.07, 6.45) is 9.97.